The number of aryl methyl sites for hydroxylation is 1. The second-order valence-electron chi connectivity index (χ2n) is 4.22. The predicted octanol–water partition coefficient (Wildman–Crippen LogP) is 3.63. The van der Waals surface area contributed by atoms with Gasteiger partial charge in [-0.05, 0) is 43.0 Å². The molecule has 0 aliphatic carbocycles. The predicted molar refractivity (Wildman–Crippen MR) is 76.6 cm³/mol. The second kappa shape index (κ2) is 7.31. The van der Waals surface area contributed by atoms with E-state index in [1.54, 1.807) is 6.20 Å². The molecule has 0 aliphatic rings. The normalized spacial score (nSPS) is 10.1. The Hall–Kier alpha value is -2.16. The number of unbranched alkanes of at least 4 members (excludes halogenated alkanes) is 1. The van der Waals surface area contributed by atoms with Gasteiger partial charge < -0.3 is 4.74 Å². The summed E-state index contributed by atoms with van der Waals surface area (Å²) in [4.78, 5) is 8.82. The number of nitrogens with zero attached hydrogens (tertiary/aromatic N) is 2. The van der Waals surface area contributed by atoms with Crippen LogP contribution >= 0.6 is 0 Å². The molecule has 3 heteroatoms. The topological polar surface area (TPSA) is 35.0 Å². The van der Waals surface area contributed by atoms with Gasteiger partial charge in [0.25, 0.3) is 0 Å². The molecule has 0 fully saturated rings. The van der Waals surface area contributed by atoms with Gasteiger partial charge in [-0.1, -0.05) is 18.7 Å². The summed E-state index contributed by atoms with van der Waals surface area (Å²) in [6.45, 7) is 4.25. The molecule has 98 valence electrons. The largest absolute Gasteiger partial charge is 0.502 e. The van der Waals surface area contributed by atoms with E-state index in [0.29, 0.717) is 0 Å². The third kappa shape index (κ3) is 3.91. The van der Waals surface area contributed by atoms with Crippen LogP contribution in [0.5, 0.6) is 0 Å². The summed E-state index contributed by atoms with van der Waals surface area (Å²) in [5.74, 6) is 0. The van der Waals surface area contributed by atoms with Crippen LogP contribution in [0.2, 0.25) is 0 Å². The number of hydrogen-bond donors (Lipinski definition) is 0. The Morgan fingerprint density at radius 2 is 1.95 bits per heavy atom. The molecule has 0 atom stereocenters. The van der Waals surface area contributed by atoms with Crippen molar-refractivity contribution in [2.24, 2.45) is 0 Å². The average molecular weight is 254 g/mol. The van der Waals surface area contributed by atoms with E-state index in [1.165, 1.54) is 11.8 Å². The summed E-state index contributed by atoms with van der Waals surface area (Å²) in [6.07, 6.45) is 8.17. The van der Waals surface area contributed by atoms with E-state index < -0.39 is 0 Å². The summed E-state index contributed by atoms with van der Waals surface area (Å²) >= 11 is 0. The van der Waals surface area contributed by atoms with Crippen LogP contribution in [0.4, 0.5) is 0 Å². The van der Waals surface area contributed by atoms with Crippen molar-refractivity contribution in [3.63, 3.8) is 0 Å². The van der Waals surface area contributed by atoms with Gasteiger partial charge in [0.15, 0.2) is 0 Å². The Balaban J connectivity index is 2.03. The molecule has 0 N–H and O–H groups in total. The standard InChI is InChI=1S/C16H18N2O/c1-2-19-13-6-4-8-14-9-7-12-18-16(14)15-10-3-5-11-17-15/h2-3,5,7,9-12H,1,4,6,8,13H2. The Kier molecular flexibility index (Phi) is 5.11. The molecule has 2 heterocycles. The van der Waals surface area contributed by atoms with Gasteiger partial charge >= 0.3 is 0 Å². The first kappa shape index (κ1) is 13.3. The smallest absolute Gasteiger partial charge is 0.0918 e. The molecule has 0 aliphatic heterocycles. The number of rotatable bonds is 7. The number of aromatic nitrogens is 2. The van der Waals surface area contributed by atoms with Crippen LogP contribution in [-0.4, -0.2) is 16.6 Å². The lowest BCUT2D eigenvalue weighted by Gasteiger charge is -2.07. The van der Waals surface area contributed by atoms with Crippen molar-refractivity contribution in [3.05, 3.63) is 61.1 Å². The van der Waals surface area contributed by atoms with Crippen LogP contribution in [-0.2, 0) is 11.2 Å². The molecule has 2 aromatic rings. The van der Waals surface area contributed by atoms with Crippen molar-refractivity contribution in [2.45, 2.75) is 19.3 Å². The molecular weight excluding hydrogens is 236 g/mol. The highest BCUT2D eigenvalue weighted by Crippen LogP contribution is 2.20. The van der Waals surface area contributed by atoms with Gasteiger partial charge in [0, 0.05) is 12.4 Å². The van der Waals surface area contributed by atoms with Gasteiger partial charge in [0.2, 0.25) is 0 Å². The van der Waals surface area contributed by atoms with Crippen molar-refractivity contribution in [1.82, 2.24) is 9.97 Å². The molecule has 2 aromatic heterocycles. The van der Waals surface area contributed by atoms with Crippen LogP contribution in [0.3, 0.4) is 0 Å². The van der Waals surface area contributed by atoms with Gasteiger partial charge in [0.05, 0.1) is 24.3 Å². The van der Waals surface area contributed by atoms with E-state index in [1.807, 2.05) is 30.5 Å². The Bertz CT molecular complexity index is 511. The molecule has 0 amide bonds. The highest BCUT2D eigenvalue weighted by atomic mass is 16.5. The monoisotopic (exact) mass is 254 g/mol. The molecule has 0 bridgehead atoms. The SMILES string of the molecule is C=COCCCCc1cccnc1-c1ccccn1. The minimum Gasteiger partial charge on any atom is -0.502 e. The van der Waals surface area contributed by atoms with Crippen molar-refractivity contribution in [3.8, 4) is 11.4 Å². The van der Waals surface area contributed by atoms with E-state index >= 15 is 0 Å². The molecule has 3 nitrogen and oxygen atoms in total. The molecule has 0 saturated carbocycles. The van der Waals surface area contributed by atoms with Crippen LogP contribution in [0.15, 0.2) is 55.6 Å². The average Bonchev–Trinajstić information content (AvgIpc) is 2.48. The maximum atomic E-state index is 5.12. The Morgan fingerprint density at radius 3 is 2.74 bits per heavy atom. The summed E-state index contributed by atoms with van der Waals surface area (Å²) in [6, 6.07) is 9.98. The van der Waals surface area contributed by atoms with Gasteiger partial charge in [0.1, 0.15) is 0 Å². The number of pyridine rings is 2. The zero-order valence-electron chi connectivity index (χ0n) is 11.0. The third-order valence-electron chi connectivity index (χ3n) is 2.87. The van der Waals surface area contributed by atoms with Gasteiger partial charge in [-0.2, -0.15) is 0 Å². The highest BCUT2D eigenvalue weighted by Gasteiger charge is 2.06. The van der Waals surface area contributed by atoms with Crippen LogP contribution in [0.25, 0.3) is 11.4 Å². The minimum absolute atomic E-state index is 0.725. The van der Waals surface area contributed by atoms with Crippen molar-refractivity contribution >= 4 is 0 Å². The Morgan fingerprint density at radius 1 is 1.05 bits per heavy atom. The second-order valence-corrected chi connectivity index (χ2v) is 4.22. The number of hydrogen-bond acceptors (Lipinski definition) is 3. The van der Waals surface area contributed by atoms with Gasteiger partial charge in [-0.3, -0.25) is 9.97 Å². The molecular formula is C16H18N2O. The van der Waals surface area contributed by atoms with E-state index in [9.17, 15) is 0 Å². The molecule has 0 spiro atoms. The summed E-state index contributed by atoms with van der Waals surface area (Å²) in [7, 11) is 0. The molecule has 0 radical (unpaired) electrons. The fraction of sp³-hybridized carbons (Fsp3) is 0.250. The lowest BCUT2D eigenvalue weighted by Crippen LogP contribution is -1.96. The zero-order chi connectivity index (χ0) is 13.3. The number of ether oxygens (including phenoxy) is 1. The summed E-state index contributed by atoms with van der Waals surface area (Å²) in [5, 5.41) is 0. The molecule has 0 unspecified atom stereocenters. The fourth-order valence-corrected chi connectivity index (χ4v) is 1.96. The zero-order valence-corrected chi connectivity index (χ0v) is 11.0. The van der Waals surface area contributed by atoms with E-state index in [0.717, 1.165) is 37.3 Å². The molecule has 0 aromatic carbocycles. The maximum Gasteiger partial charge on any atom is 0.0918 e. The molecule has 19 heavy (non-hydrogen) atoms. The van der Waals surface area contributed by atoms with Crippen molar-refractivity contribution < 1.29 is 4.74 Å². The summed E-state index contributed by atoms with van der Waals surface area (Å²) in [5.41, 5.74) is 3.15. The van der Waals surface area contributed by atoms with Gasteiger partial charge in [-0.15, -0.1) is 0 Å². The molecule has 2 rings (SSSR count). The van der Waals surface area contributed by atoms with E-state index in [4.69, 9.17) is 4.74 Å². The first-order chi connectivity index (χ1) is 9.42. The van der Waals surface area contributed by atoms with E-state index in [2.05, 4.69) is 22.6 Å². The lowest BCUT2D eigenvalue weighted by molar-refractivity contribution is 0.243. The first-order valence-corrected chi connectivity index (χ1v) is 6.49. The lowest BCUT2D eigenvalue weighted by atomic mass is 10.0. The van der Waals surface area contributed by atoms with Gasteiger partial charge in [-0.25, -0.2) is 0 Å². The fourth-order valence-electron chi connectivity index (χ4n) is 1.96. The van der Waals surface area contributed by atoms with Crippen LogP contribution in [0, 0.1) is 0 Å². The third-order valence-corrected chi connectivity index (χ3v) is 2.87. The maximum absolute atomic E-state index is 5.12. The Labute approximate surface area is 114 Å². The minimum atomic E-state index is 0.725. The van der Waals surface area contributed by atoms with Crippen molar-refractivity contribution in [2.75, 3.05) is 6.61 Å². The summed E-state index contributed by atoms with van der Waals surface area (Å²) < 4.78 is 5.12. The van der Waals surface area contributed by atoms with Crippen LogP contribution in [0.1, 0.15) is 18.4 Å². The quantitative estimate of drug-likeness (QED) is 0.559. The van der Waals surface area contributed by atoms with Crippen LogP contribution < -0.4 is 0 Å². The molecule has 0 saturated heterocycles. The first-order valence-electron chi connectivity index (χ1n) is 6.49. The highest BCUT2D eigenvalue weighted by molar-refractivity contribution is 5.58. The van der Waals surface area contributed by atoms with Crippen molar-refractivity contribution in [1.29, 1.82) is 0 Å². The van der Waals surface area contributed by atoms with E-state index in [-0.39, 0.29) is 0 Å².